The molecule has 0 aromatic rings. The maximum atomic E-state index is 10.3. The fourth-order valence-electron chi connectivity index (χ4n) is 0.0680. The SMILES string of the molecule is C=COC=C.FC(F)=C(F)F. The summed E-state index contributed by atoms with van der Waals surface area (Å²) in [4.78, 5) is 0. The fraction of sp³-hybridized carbons (Fsp3) is 0. The van der Waals surface area contributed by atoms with Gasteiger partial charge < -0.3 is 4.74 Å². The molecule has 0 radical (unpaired) electrons. The quantitative estimate of drug-likeness (QED) is 0.456. The van der Waals surface area contributed by atoms with Crippen LogP contribution in [0.2, 0.25) is 0 Å². The number of hydrogen-bond donors (Lipinski definition) is 0. The van der Waals surface area contributed by atoms with Crippen molar-refractivity contribution < 1.29 is 22.3 Å². The van der Waals surface area contributed by atoms with Crippen LogP contribution in [0.25, 0.3) is 0 Å². The first-order chi connectivity index (χ1) is 5.06. The zero-order valence-electron chi connectivity index (χ0n) is 5.49. The van der Waals surface area contributed by atoms with E-state index in [-0.39, 0.29) is 0 Å². The van der Waals surface area contributed by atoms with Crippen molar-refractivity contribution in [1.82, 2.24) is 0 Å². The molecule has 0 amide bonds. The van der Waals surface area contributed by atoms with Gasteiger partial charge in [-0.3, -0.25) is 0 Å². The lowest BCUT2D eigenvalue weighted by molar-refractivity contribution is 0.308. The topological polar surface area (TPSA) is 9.23 Å². The van der Waals surface area contributed by atoms with E-state index < -0.39 is 12.2 Å². The zero-order chi connectivity index (χ0) is 9.28. The van der Waals surface area contributed by atoms with Crippen LogP contribution in [-0.4, -0.2) is 0 Å². The molecule has 0 unspecified atom stereocenters. The van der Waals surface area contributed by atoms with Gasteiger partial charge in [-0.1, -0.05) is 13.2 Å². The van der Waals surface area contributed by atoms with Crippen LogP contribution in [0.1, 0.15) is 0 Å². The summed E-state index contributed by atoms with van der Waals surface area (Å²) >= 11 is 0. The van der Waals surface area contributed by atoms with E-state index in [0.29, 0.717) is 0 Å². The van der Waals surface area contributed by atoms with Crippen molar-refractivity contribution in [3.8, 4) is 0 Å². The third-order valence-corrected chi connectivity index (χ3v) is 0.335. The third-order valence-electron chi connectivity index (χ3n) is 0.335. The fourth-order valence-corrected chi connectivity index (χ4v) is 0.0680. The first-order valence-electron chi connectivity index (χ1n) is 2.29. The summed E-state index contributed by atoms with van der Waals surface area (Å²) < 4.78 is 45.5. The van der Waals surface area contributed by atoms with Crippen molar-refractivity contribution in [3.63, 3.8) is 0 Å². The molecule has 0 heterocycles. The second-order valence-corrected chi connectivity index (χ2v) is 0.990. The van der Waals surface area contributed by atoms with Crippen molar-refractivity contribution >= 4 is 0 Å². The van der Waals surface area contributed by atoms with Gasteiger partial charge in [0.05, 0.1) is 12.5 Å². The first-order valence-corrected chi connectivity index (χ1v) is 2.29. The second-order valence-electron chi connectivity index (χ2n) is 0.990. The van der Waals surface area contributed by atoms with Crippen molar-refractivity contribution in [2.45, 2.75) is 0 Å². The van der Waals surface area contributed by atoms with Gasteiger partial charge in [0.2, 0.25) is 0 Å². The Morgan fingerprint density at radius 3 is 1.18 bits per heavy atom. The molecule has 0 aliphatic carbocycles. The number of ether oxygens (including phenoxy) is 1. The molecular formula is C6H6F4O. The molecule has 5 heteroatoms. The van der Waals surface area contributed by atoms with E-state index in [9.17, 15) is 17.6 Å². The van der Waals surface area contributed by atoms with E-state index >= 15 is 0 Å². The average Bonchev–Trinajstić information content (AvgIpc) is 1.90. The van der Waals surface area contributed by atoms with Gasteiger partial charge in [-0.15, -0.1) is 0 Å². The second kappa shape index (κ2) is 8.74. The van der Waals surface area contributed by atoms with Crippen LogP contribution in [0.15, 0.2) is 37.8 Å². The van der Waals surface area contributed by atoms with E-state index in [2.05, 4.69) is 17.9 Å². The molecule has 0 N–H and O–H groups in total. The summed E-state index contributed by atoms with van der Waals surface area (Å²) in [7, 11) is 0. The van der Waals surface area contributed by atoms with Crippen LogP contribution in [0.3, 0.4) is 0 Å². The summed E-state index contributed by atoms with van der Waals surface area (Å²) in [5.74, 6) is 0. The van der Waals surface area contributed by atoms with Gasteiger partial charge in [0.1, 0.15) is 0 Å². The van der Waals surface area contributed by atoms with Gasteiger partial charge in [-0.25, -0.2) is 0 Å². The van der Waals surface area contributed by atoms with Gasteiger partial charge in [-0.2, -0.15) is 17.6 Å². The molecule has 0 aliphatic heterocycles. The van der Waals surface area contributed by atoms with Crippen LogP contribution < -0.4 is 0 Å². The van der Waals surface area contributed by atoms with Crippen LogP contribution in [0.5, 0.6) is 0 Å². The Morgan fingerprint density at radius 2 is 1.18 bits per heavy atom. The minimum Gasteiger partial charge on any atom is -0.474 e. The van der Waals surface area contributed by atoms with Crippen LogP contribution >= 0.6 is 0 Å². The predicted octanol–water partition coefficient (Wildman–Crippen LogP) is 3.28. The average molecular weight is 170 g/mol. The normalized spacial score (nSPS) is 6.91. The van der Waals surface area contributed by atoms with E-state index in [1.807, 2.05) is 0 Å². The van der Waals surface area contributed by atoms with Crippen molar-refractivity contribution in [3.05, 3.63) is 37.8 Å². The lowest BCUT2D eigenvalue weighted by Crippen LogP contribution is -1.56. The van der Waals surface area contributed by atoms with Gasteiger partial charge in [0, 0.05) is 0 Å². The summed E-state index contributed by atoms with van der Waals surface area (Å²) in [5, 5.41) is 0. The van der Waals surface area contributed by atoms with Crippen LogP contribution in [-0.2, 0) is 4.74 Å². The first kappa shape index (κ1) is 12.4. The largest absolute Gasteiger partial charge is 0.474 e. The van der Waals surface area contributed by atoms with E-state index in [4.69, 9.17) is 0 Å². The Bertz CT molecular complexity index is 129. The van der Waals surface area contributed by atoms with Gasteiger partial charge >= 0.3 is 12.2 Å². The molecule has 0 spiro atoms. The smallest absolute Gasteiger partial charge is 0.334 e. The molecule has 0 aromatic heterocycles. The van der Waals surface area contributed by atoms with Gasteiger partial charge in [0.25, 0.3) is 0 Å². The number of rotatable bonds is 2. The van der Waals surface area contributed by atoms with Crippen molar-refractivity contribution in [2.24, 2.45) is 0 Å². The monoisotopic (exact) mass is 170 g/mol. The molecule has 0 aromatic carbocycles. The molecule has 0 rings (SSSR count). The molecule has 0 bridgehead atoms. The molecule has 1 nitrogen and oxygen atoms in total. The Balaban J connectivity index is 0. The Hall–Kier alpha value is -1.26. The molecule has 0 aliphatic rings. The maximum Gasteiger partial charge on any atom is 0.334 e. The van der Waals surface area contributed by atoms with Crippen LogP contribution in [0, 0.1) is 0 Å². The van der Waals surface area contributed by atoms with Gasteiger partial charge in [0.15, 0.2) is 0 Å². The zero-order valence-corrected chi connectivity index (χ0v) is 5.49. The van der Waals surface area contributed by atoms with E-state index in [0.717, 1.165) is 0 Å². The Kier molecular flexibility index (Phi) is 9.87. The minimum atomic E-state index is -2.91. The number of hydrogen-bond acceptors (Lipinski definition) is 1. The molecule has 64 valence electrons. The highest BCUT2D eigenvalue weighted by molar-refractivity contribution is 4.77. The summed E-state index contributed by atoms with van der Waals surface area (Å²) in [6, 6.07) is 0. The summed E-state index contributed by atoms with van der Waals surface area (Å²) in [6.45, 7) is 6.51. The minimum absolute atomic E-state index is 1.31. The molecular weight excluding hydrogens is 164 g/mol. The molecule has 0 saturated heterocycles. The standard InChI is InChI=1S/C4H6O.C2F4/c1-3-5-4-2;3-1(4)2(5)6/h3-4H,1-2H2;. The summed E-state index contributed by atoms with van der Waals surface area (Å²) in [5.41, 5.74) is 0. The lowest BCUT2D eigenvalue weighted by Gasteiger charge is -1.76. The highest BCUT2D eigenvalue weighted by Crippen LogP contribution is 2.08. The molecule has 11 heavy (non-hydrogen) atoms. The van der Waals surface area contributed by atoms with E-state index in [1.54, 1.807) is 0 Å². The van der Waals surface area contributed by atoms with Crippen molar-refractivity contribution in [1.29, 1.82) is 0 Å². The van der Waals surface area contributed by atoms with Crippen molar-refractivity contribution in [2.75, 3.05) is 0 Å². The lowest BCUT2D eigenvalue weighted by atomic mass is 11.1. The third kappa shape index (κ3) is 17.7. The van der Waals surface area contributed by atoms with E-state index in [1.165, 1.54) is 12.5 Å². The molecule has 0 atom stereocenters. The number of halogens is 4. The Labute approximate surface area is 61.3 Å². The molecule has 0 saturated carbocycles. The Morgan fingerprint density at radius 1 is 0.909 bits per heavy atom. The van der Waals surface area contributed by atoms with Crippen LogP contribution in [0.4, 0.5) is 17.6 Å². The highest BCUT2D eigenvalue weighted by atomic mass is 19.3. The molecule has 0 fully saturated rings. The highest BCUT2D eigenvalue weighted by Gasteiger charge is 1.98. The summed E-state index contributed by atoms with van der Waals surface area (Å²) in [6.07, 6.45) is -3.19. The predicted molar refractivity (Wildman–Crippen MR) is 32.9 cm³/mol. The van der Waals surface area contributed by atoms with Gasteiger partial charge in [-0.05, 0) is 0 Å². The maximum absolute atomic E-state index is 10.3.